The Morgan fingerprint density at radius 3 is 2.66 bits per heavy atom. The molecule has 6 rings (SSSR count). The molecule has 2 heterocycles. The minimum absolute atomic E-state index is 0.0722. The van der Waals surface area contributed by atoms with Crippen molar-refractivity contribution in [2.75, 3.05) is 25.2 Å². The minimum atomic E-state index is -2.47. The van der Waals surface area contributed by atoms with Crippen molar-refractivity contribution in [2.45, 2.75) is 82.9 Å². The van der Waals surface area contributed by atoms with E-state index in [1.54, 1.807) is 13.2 Å². The first-order valence-corrected chi connectivity index (χ1v) is 18.6. The summed E-state index contributed by atoms with van der Waals surface area (Å²) in [5, 5.41) is 5.75. The Morgan fingerprint density at radius 2 is 1.91 bits per heavy atom. The summed E-state index contributed by atoms with van der Waals surface area (Å²) >= 11 is 6.44. The van der Waals surface area contributed by atoms with Crippen LogP contribution >= 0.6 is 11.6 Å². The highest BCUT2D eigenvalue weighted by Gasteiger charge is 2.38. The van der Waals surface area contributed by atoms with Gasteiger partial charge in [0.25, 0.3) is 5.91 Å². The smallest absolute Gasteiger partial charge is 0.316 e. The fourth-order valence-electron chi connectivity index (χ4n) is 7.04. The van der Waals surface area contributed by atoms with Crippen LogP contribution in [0.3, 0.4) is 0 Å². The molecule has 3 amide bonds. The van der Waals surface area contributed by atoms with Crippen molar-refractivity contribution in [3.63, 3.8) is 0 Å². The van der Waals surface area contributed by atoms with E-state index in [0.29, 0.717) is 48.6 Å². The zero-order valence-corrected chi connectivity index (χ0v) is 29.1. The van der Waals surface area contributed by atoms with Gasteiger partial charge in [-0.05, 0) is 110 Å². The van der Waals surface area contributed by atoms with Crippen molar-refractivity contribution in [1.29, 1.82) is 0 Å². The summed E-state index contributed by atoms with van der Waals surface area (Å²) in [6, 6.07) is 11.2. The Hall–Kier alpha value is -3.08. The molecule has 11 heteroatoms. The number of carbonyl (C=O) groups excluding carboxylic acids is 2. The van der Waals surface area contributed by atoms with E-state index in [1.165, 1.54) is 11.1 Å². The molecule has 2 aromatic rings. The third-order valence-corrected chi connectivity index (χ3v) is 12.0. The average Bonchev–Trinajstić information content (AvgIpc) is 3.74. The van der Waals surface area contributed by atoms with Crippen molar-refractivity contribution in [2.24, 2.45) is 28.0 Å². The Balaban J connectivity index is 1.40. The number of hydrogen-bond acceptors (Lipinski definition) is 6. The molecule has 0 saturated heterocycles. The number of methoxy groups -OCH3 is 1. The van der Waals surface area contributed by atoms with Crippen LogP contribution in [0.25, 0.3) is 0 Å². The number of ether oxygens (including phenoxy) is 2. The number of fused-ring (bicyclic) bond motifs is 3. The number of hydrogen-bond donors (Lipinski definition) is 3. The molecule has 0 spiro atoms. The van der Waals surface area contributed by atoms with E-state index >= 15 is 0 Å². The van der Waals surface area contributed by atoms with Crippen LogP contribution in [0.5, 0.6) is 5.75 Å². The average molecular weight is 683 g/mol. The second-order valence-corrected chi connectivity index (χ2v) is 15.5. The molecule has 2 saturated carbocycles. The topological polar surface area (TPSA) is 109 Å². The Kier molecular flexibility index (Phi) is 10.8. The molecule has 2 aromatic carbocycles. The molecule has 8 atom stereocenters. The van der Waals surface area contributed by atoms with Gasteiger partial charge in [-0.3, -0.25) is 9.00 Å². The van der Waals surface area contributed by atoms with Crippen molar-refractivity contribution >= 4 is 39.8 Å². The molecule has 0 aromatic heterocycles. The van der Waals surface area contributed by atoms with Gasteiger partial charge in [0.2, 0.25) is 0 Å². The number of nitrogens with zero attached hydrogens (tertiary/aromatic N) is 2. The van der Waals surface area contributed by atoms with Crippen LogP contribution in [0.15, 0.2) is 52.9 Å². The number of thiol groups is 1. The van der Waals surface area contributed by atoms with E-state index in [0.717, 1.165) is 55.8 Å². The largest absolute Gasteiger partial charge is 0.491 e. The summed E-state index contributed by atoms with van der Waals surface area (Å²) in [5.41, 5.74) is 3.57. The lowest BCUT2D eigenvalue weighted by Crippen LogP contribution is -2.46. The van der Waals surface area contributed by atoms with Crippen molar-refractivity contribution in [3.8, 4) is 5.75 Å². The van der Waals surface area contributed by atoms with Gasteiger partial charge in [0, 0.05) is 36.8 Å². The highest BCUT2D eigenvalue weighted by atomic mass is 35.5. The molecule has 2 N–H and O–H groups in total. The lowest BCUT2D eigenvalue weighted by atomic mass is 9.70. The lowest BCUT2D eigenvalue weighted by Gasteiger charge is -2.43. The highest BCUT2D eigenvalue weighted by Crippen LogP contribution is 2.42. The molecule has 2 fully saturated rings. The maximum atomic E-state index is 13.8. The van der Waals surface area contributed by atoms with Gasteiger partial charge in [0.15, 0.2) is 0 Å². The molecular weight excluding hydrogens is 636 g/mol. The van der Waals surface area contributed by atoms with Gasteiger partial charge in [-0.1, -0.05) is 43.7 Å². The summed E-state index contributed by atoms with van der Waals surface area (Å²) in [6.07, 6.45) is 10.5. The zero-order valence-electron chi connectivity index (χ0n) is 27.5. The summed E-state index contributed by atoms with van der Waals surface area (Å²) in [7, 11) is -0.721. The van der Waals surface area contributed by atoms with Crippen molar-refractivity contribution in [1.82, 2.24) is 10.6 Å². The number of nitrogens with one attached hydrogen (secondary N) is 2. The second kappa shape index (κ2) is 15.0. The number of aryl methyl sites for hydroxylation is 1. The number of amides is 3. The van der Waals surface area contributed by atoms with E-state index < -0.39 is 21.9 Å². The van der Waals surface area contributed by atoms with Gasteiger partial charge < -0.3 is 25.0 Å². The molecule has 2 bridgehead atoms. The number of carbonyl (C=O) groups is 2. The molecule has 0 radical (unpaired) electrons. The number of allylic oxidation sites excluding steroid dienone is 1. The van der Waals surface area contributed by atoms with Crippen LogP contribution in [-0.4, -0.2) is 53.9 Å². The molecule has 254 valence electrons. The number of halogens is 1. The summed E-state index contributed by atoms with van der Waals surface area (Å²) in [4.78, 5) is 28.9. The van der Waals surface area contributed by atoms with Gasteiger partial charge >= 0.3 is 6.03 Å². The Labute approximate surface area is 285 Å². The molecule has 4 aliphatic rings. The van der Waals surface area contributed by atoms with Crippen LogP contribution < -0.4 is 20.3 Å². The fourth-order valence-corrected chi connectivity index (χ4v) is 8.43. The second-order valence-electron chi connectivity index (χ2n) is 13.7. The molecule has 9 nitrogen and oxygen atoms in total. The van der Waals surface area contributed by atoms with Crippen LogP contribution in [0, 0.1) is 23.7 Å². The van der Waals surface area contributed by atoms with Crippen molar-refractivity contribution < 1.29 is 23.3 Å². The van der Waals surface area contributed by atoms with Crippen LogP contribution in [0.4, 0.5) is 10.5 Å². The summed E-state index contributed by atoms with van der Waals surface area (Å²) in [6.45, 7) is 5.94. The predicted octanol–water partition coefficient (Wildman–Crippen LogP) is 6.54. The standard InChI is InChI=1S/C36H47ClN4O5S/c1-22-7-6-9-32(45-3)29-14-11-27(29)21-41-20-26-10-13-28(37)18-24(26)8-4-5-16-46-33-15-12-25(19-31(33)41)34(42)40-47(44)35(22)39-36(43)38-30-17-23(30)2/h6,9-10,12-13,15,18-19,22-23,27,29-30,32,35,47H,4-5,7-8,11,14,16-17,20-21H2,1-3H3,(H2,38,39,43)/b9-6+/t22-,23+,27-,29+,30-,32-,35?/m0/s1. The summed E-state index contributed by atoms with van der Waals surface area (Å²) in [5.74, 6) is 1.01. The number of urea groups is 1. The van der Waals surface area contributed by atoms with Crippen molar-refractivity contribution in [3.05, 3.63) is 70.3 Å². The monoisotopic (exact) mass is 682 g/mol. The van der Waals surface area contributed by atoms with Gasteiger partial charge in [0.1, 0.15) is 11.1 Å². The SMILES string of the molecule is CO[C@H]1/C=C/C[C@H](C)C(NC(=O)N[C@H]2C[C@H]2C)/[SH](=O)=N\C(=O)c2ccc3c(c2)N(Cc2ccc(Cl)cc2CCCCO3)C[C@@H]2CC[C@H]21. The molecular formula is C36H47ClN4O5S. The third kappa shape index (κ3) is 8.15. The Morgan fingerprint density at radius 1 is 1.09 bits per heavy atom. The van der Waals surface area contributed by atoms with E-state index in [-0.39, 0.29) is 24.1 Å². The van der Waals surface area contributed by atoms with E-state index in [1.807, 2.05) is 25.1 Å². The molecule has 2 aliphatic heterocycles. The van der Waals surface area contributed by atoms with Gasteiger partial charge in [0.05, 0.1) is 29.0 Å². The first-order chi connectivity index (χ1) is 22.7. The minimum Gasteiger partial charge on any atom is -0.491 e. The van der Waals surface area contributed by atoms with E-state index in [9.17, 15) is 13.8 Å². The first kappa shape index (κ1) is 33.8. The number of benzene rings is 2. The maximum Gasteiger partial charge on any atom is 0.316 e. The normalized spacial score (nSPS) is 32.1. The van der Waals surface area contributed by atoms with Crippen LogP contribution in [0.2, 0.25) is 5.02 Å². The number of anilines is 1. The van der Waals surface area contributed by atoms with Crippen LogP contribution in [-0.2, 0) is 28.3 Å². The van der Waals surface area contributed by atoms with Gasteiger partial charge in [-0.15, -0.1) is 0 Å². The van der Waals surface area contributed by atoms with E-state index in [2.05, 4.69) is 51.1 Å². The van der Waals surface area contributed by atoms with Gasteiger partial charge in [-0.25, -0.2) is 4.79 Å². The zero-order chi connectivity index (χ0) is 33.1. The third-order valence-electron chi connectivity index (χ3n) is 10.3. The number of rotatable bonds is 3. The predicted molar refractivity (Wildman–Crippen MR) is 187 cm³/mol. The fraction of sp³-hybridized carbons (Fsp3) is 0.556. The van der Waals surface area contributed by atoms with Crippen LogP contribution in [0.1, 0.15) is 73.9 Å². The Bertz CT molecular complexity index is 1590. The maximum absolute atomic E-state index is 13.8. The summed E-state index contributed by atoms with van der Waals surface area (Å²) < 4.78 is 30.3. The molecule has 47 heavy (non-hydrogen) atoms. The highest BCUT2D eigenvalue weighted by molar-refractivity contribution is 7.76. The lowest BCUT2D eigenvalue weighted by molar-refractivity contribution is 0.0133. The molecule has 2 aliphatic carbocycles. The van der Waals surface area contributed by atoms with Gasteiger partial charge in [-0.2, -0.15) is 4.36 Å². The molecule has 2 unspecified atom stereocenters. The quantitative estimate of drug-likeness (QED) is 0.251. The van der Waals surface area contributed by atoms with E-state index in [4.69, 9.17) is 21.1 Å². The first-order valence-electron chi connectivity index (χ1n) is 17.0.